The number of benzene rings is 3. The predicted molar refractivity (Wildman–Crippen MR) is 110 cm³/mol. The van der Waals surface area contributed by atoms with E-state index in [-0.39, 0.29) is 5.91 Å². The van der Waals surface area contributed by atoms with Gasteiger partial charge in [0.05, 0.1) is 24.9 Å². The Hall–Kier alpha value is -2.89. The lowest BCUT2D eigenvalue weighted by Gasteiger charge is -2.13. The van der Waals surface area contributed by atoms with Crippen LogP contribution in [0.5, 0.6) is 23.0 Å². The molecule has 0 aliphatic rings. The lowest BCUT2D eigenvalue weighted by molar-refractivity contribution is 0.102. The predicted octanol–water partition coefficient (Wildman–Crippen LogP) is 6.06. The molecule has 0 atom stereocenters. The Balaban J connectivity index is 1.83. The summed E-state index contributed by atoms with van der Waals surface area (Å²) in [6.07, 6.45) is 0. The van der Waals surface area contributed by atoms with Crippen LogP contribution in [0.2, 0.25) is 10.0 Å². The van der Waals surface area contributed by atoms with Crippen LogP contribution in [0.25, 0.3) is 0 Å². The summed E-state index contributed by atoms with van der Waals surface area (Å²) in [4.78, 5) is 12.6. The van der Waals surface area contributed by atoms with Gasteiger partial charge in [-0.2, -0.15) is 0 Å². The van der Waals surface area contributed by atoms with Crippen molar-refractivity contribution >= 4 is 34.8 Å². The Bertz CT molecular complexity index is 990. The van der Waals surface area contributed by atoms with Crippen molar-refractivity contribution in [3.05, 3.63) is 76.3 Å². The number of halogens is 2. The summed E-state index contributed by atoms with van der Waals surface area (Å²) >= 11 is 12.2. The highest BCUT2D eigenvalue weighted by molar-refractivity contribution is 6.32. The standard InChI is InChI=1S/C21H17Cl2NO4/c1-26-15-5-7-16(8-6-15)28-20-10-4-14(22)12-18(20)24-21(25)13-3-9-19(27-2)17(23)11-13/h3-12H,1-2H3,(H,24,25). The second-order valence-electron chi connectivity index (χ2n) is 5.72. The first-order chi connectivity index (χ1) is 13.5. The molecular weight excluding hydrogens is 401 g/mol. The molecule has 5 nitrogen and oxygen atoms in total. The summed E-state index contributed by atoms with van der Waals surface area (Å²) < 4.78 is 16.1. The molecule has 0 aliphatic carbocycles. The zero-order valence-corrected chi connectivity index (χ0v) is 16.7. The topological polar surface area (TPSA) is 56.8 Å². The maximum atomic E-state index is 12.6. The van der Waals surface area contributed by atoms with Gasteiger partial charge in [-0.3, -0.25) is 4.79 Å². The van der Waals surface area contributed by atoms with Gasteiger partial charge < -0.3 is 19.5 Å². The van der Waals surface area contributed by atoms with E-state index in [0.29, 0.717) is 44.3 Å². The molecule has 28 heavy (non-hydrogen) atoms. The van der Waals surface area contributed by atoms with Crippen LogP contribution >= 0.6 is 23.2 Å². The molecule has 0 radical (unpaired) electrons. The monoisotopic (exact) mass is 417 g/mol. The molecule has 0 bridgehead atoms. The van der Waals surface area contributed by atoms with Gasteiger partial charge in [0.25, 0.3) is 5.91 Å². The van der Waals surface area contributed by atoms with Crippen molar-refractivity contribution in [1.29, 1.82) is 0 Å². The van der Waals surface area contributed by atoms with E-state index in [0.717, 1.165) is 0 Å². The number of hydrogen-bond acceptors (Lipinski definition) is 4. The highest BCUT2D eigenvalue weighted by Crippen LogP contribution is 2.33. The zero-order valence-electron chi connectivity index (χ0n) is 15.2. The number of nitrogens with one attached hydrogen (secondary N) is 1. The Morgan fingerprint density at radius 2 is 1.50 bits per heavy atom. The molecule has 1 N–H and O–H groups in total. The molecule has 7 heteroatoms. The van der Waals surface area contributed by atoms with E-state index in [9.17, 15) is 4.79 Å². The van der Waals surface area contributed by atoms with Crippen LogP contribution in [0.1, 0.15) is 10.4 Å². The van der Waals surface area contributed by atoms with Crippen molar-refractivity contribution in [1.82, 2.24) is 0 Å². The van der Waals surface area contributed by atoms with Gasteiger partial charge >= 0.3 is 0 Å². The highest BCUT2D eigenvalue weighted by atomic mass is 35.5. The van der Waals surface area contributed by atoms with Gasteiger partial charge in [0.1, 0.15) is 17.2 Å². The Morgan fingerprint density at radius 1 is 0.821 bits per heavy atom. The number of ether oxygens (including phenoxy) is 3. The van der Waals surface area contributed by atoms with Gasteiger partial charge in [0.15, 0.2) is 5.75 Å². The average molecular weight is 418 g/mol. The molecule has 3 rings (SSSR count). The summed E-state index contributed by atoms with van der Waals surface area (Å²) in [5, 5.41) is 3.61. The number of rotatable bonds is 6. The fourth-order valence-corrected chi connectivity index (χ4v) is 2.89. The van der Waals surface area contributed by atoms with Crippen molar-refractivity contribution in [2.45, 2.75) is 0 Å². The Morgan fingerprint density at radius 3 is 2.14 bits per heavy atom. The van der Waals surface area contributed by atoms with E-state index in [1.165, 1.54) is 13.2 Å². The number of methoxy groups -OCH3 is 2. The smallest absolute Gasteiger partial charge is 0.255 e. The molecule has 0 saturated heterocycles. The van der Waals surface area contributed by atoms with E-state index in [4.69, 9.17) is 37.4 Å². The molecule has 1 amide bonds. The third kappa shape index (κ3) is 4.68. The van der Waals surface area contributed by atoms with Gasteiger partial charge in [-0.25, -0.2) is 0 Å². The largest absolute Gasteiger partial charge is 0.497 e. The third-order valence-corrected chi connectivity index (χ3v) is 4.42. The molecular formula is C21H17Cl2NO4. The SMILES string of the molecule is COc1ccc(Oc2ccc(Cl)cc2NC(=O)c2ccc(OC)c(Cl)c2)cc1. The van der Waals surface area contributed by atoms with Gasteiger partial charge in [0, 0.05) is 10.6 Å². The second kappa shape index (κ2) is 8.87. The van der Waals surface area contributed by atoms with Crippen LogP contribution in [0.4, 0.5) is 5.69 Å². The van der Waals surface area contributed by atoms with Crippen molar-refractivity contribution in [2.75, 3.05) is 19.5 Å². The highest BCUT2D eigenvalue weighted by Gasteiger charge is 2.13. The van der Waals surface area contributed by atoms with Crippen LogP contribution in [-0.4, -0.2) is 20.1 Å². The van der Waals surface area contributed by atoms with Crippen molar-refractivity contribution in [3.8, 4) is 23.0 Å². The minimum absolute atomic E-state index is 0.343. The van der Waals surface area contributed by atoms with Crippen LogP contribution < -0.4 is 19.5 Å². The lowest BCUT2D eigenvalue weighted by atomic mass is 10.2. The molecule has 0 saturated carbocycles. The van der Waals surface area contributed by atoms with Gasteiger partial charge in [-0.1, -0.05) is 23.2 Å². The quantitative estimate of drug-likeness (QED) is 0.529. The second-order valence-corrected chi connectivity index (χ2v) is 6.57. The summed E-state index contributed by atoms with van der Waals surface area (Å²) in [6.45, 7) is 0. The minimum atomic E-state index is -0.355. The van der Waals surface area contributed by atoms with Crippen LogP contribution in [-0.2, 0) is 0 Å². The maximum Gasteiger partial charge on any atom is 0.255 e. The molecule has 144 valence electrons. The van der Waals surface area contributed by atoms with Crippen molar-refractivity contribution in [3.63, 3.8) is 0 Å². The van der Waals surface area contributed by atoms with Crippen molar-refractivity contribution < 1.29 is 19.0 Å². The molecule has 0 spiro atoms. The molecule has 3 aromatic carbocycles. The van der Waals surface area contributed by atoms with Crippen molar-refractivity contribution in [2.24, 2.45) is 0 Å². The van der Waals surface area contributed by atoms with Gasteiger partial charge in [0.2, 0.25) is 0 Å². The number of anilines is 1. The summed E-state index contributed by atoms with van der Waals surface area (Å²) in [5.41, 5.74) is 0.807. The van der Waals surface area contributed by atoms with Gasteiger partial charge in [-0.15, -0.1) is 0 Å². The van der Waals surface area contributed by atoms with Crippen LogP contribution in [0, 0.1) is 0 Å². The van der Waals surface area contributed by atoms with Crippen LogP contribution in [0.15, 0.2) is 60.7 Å². The van der Waals surface area contributed by atoms with E-state index in [1.807, 2.05) is 0 Å². The van der Waals surface area contributed by atoms with Crippen LogP contribution in [0.3, 0.4) is 0 Å². The minimum Gasteiger partial charge on any atom is -0.497 e. The van der Waals surface area contributed by atoms with Gasteiger partial charge in [-0.05, 0) is 60.7 Å². The van der Waals surface area contributed by atoms with E-state index in [2.05, 4.69) is 5.32 Å². The first-order valence-electron chi connectivity index (χ1n) is 8.26. The molecule has 0 aromatic heterocycles. The third-order valence-electron chi connectivity index (χ3n) is 3.89. The fraction of sp³-hybridized carbons (Fsp3) is 0.0952. The number of amides is 1. The number of carbonyl (C=O) groups is 1. The van der Waals surface area contributed by atoms with E-state index in [1.54, 1.807) is 61.7 Å². The molecule has 3 aromatic rings. The maximum absolute atomic E-state index is 12.6. The summed E-state index contributed by atoms with van der Waals surface area (Å²) in [7, 11) is 3.10. The molecule has 0 unspecified atom stereocenters. The molecule has 0 fully saturated rings. The normalized spacial score (nSPS) is 10.3. The average Bonchev–Trinajstić information content (AvgIpc) is 2.70. The summed E-state index contributed by atoms with van der Waals surface area (Å²) in [6, 6.07) is 16.9. The zero-order chi connectivity index (χ0) is 20.1. The van der Waals surface area contributed by atoms with E-state index >= 15 is 0 Å². The lowest BCUT2D eigenvalue weighted by Crippen LogP contribution is -2.12. The molecule has 0 heterocycles. The number of hydrogen-bond donors (Lipinski definition) is 1. The molecule has 0 aliphatic heterocycles. The first kappa shape index (κ1) is 19.9. The van der Waals surface area contributed by atoms with E-state index < -0.39 is 0 Å². The Kier molecular flexibility index (Phi) is 6.29. The first-order valence-corrected chi connectivity index (χ1v) is 9.02. The fourth-order valence-electron chi connectivity index (χ4n) is 2.46. The number of carbonyl (C=O) groups excluding carboxylic acids is 1. The Labute approximate surface area is 172 Å². The summed E-state index contributed by atoms with van der Waals surface area (Å²) in [5.74, 6) is 1.89.